The smallest absolute Gasteiger partial charge is 0.307 e. The maximum atomic E-state index is 11.6. The van der Waals surface area contributed by atoms with E-state index in [1.54, 1.807) is 0 Å². The monoisotopic (exact) mass is 212 g/mol. The summed E-state index contributed by atoms with van der Waals surface area (Å²) in [5.41, 5.74) is -0.887. The normalized spacial score (nSPS) is 19.9. The van der Waals surface area contributed by atoms with E-state index in [0.717, 1.165) is 32.0 Å². The Hall–Kier alpha value is -0.860. The van der Waals surface area contributed by atoms with Crippen LogP contribution < -0.4 is 0 Å². The zero-order chi connectivity index (χ0) is 11.5. The van der Waals surface area contributed by atoms with Gasteiger partial charge in [-0.3, -0.25) is 4.79 Å². The van der Waals surface area contributed by atoms with E-state index in [1.165, 1.54) is 0 Å². The molecule has 0 radical (unpaired) electrons. The van der Waals surface area contributed by atoms with E-state index in [-0.39, 0.29) is 12.4 Å². The molecular weight excluding hydrogens is 192 g/mol. The van der Waals surface area contributed by atoms with Crippen LogP contribution >= 0.6 is 0 Å². The van der Waals surface area contributed by atoms with Gasteiger partial charge in [0.15, 0.2) is 0 Å². The van der Waals surface area contributed by atoms with Gasteiger partial charge in [-0.15, -0.1) is 0 Å². The molecule has 0 aromatic heterocycles. The van der Waals surface area contributed by atoms with Crippen molar-refractivity contribution in [3.63, 3.8) is 0 Å². The van der Waals surface area contributed by atoms with Crippen molar-refractivity contribution in [1.29, 1.82) is 0 Å². The lowest BCUT2D eigenvalue weighted by Gasteiger charge is -2.24. The highest BCUT2D eigenvalue weighted by Gasteiger charge is 2.37. The van der Waals surface area contributed by atoms with Crippen molar-refractivity contribution in [3.05, 3.63) is 0 Å². The van der Waals surface area contributed by atoms with E-state index in [0.29, 0.717) is 0 Å². The lowest BCUT2D eigenvalue weighted by Crippen LogP contribution is -2.29. The Morgan fingerprint density at radius 3 is 2.27 bits per heavy atom. The third-order valence-corrected chi connectivity index (χ3v) is 2.77. The molecule has 1 rings (SSSR count). The lowest BCUT2D eigenvalue weighted by atomic mass is 9.84. The third-order valence-electron chi connectivity index (χ3n) is 2.77. The minimum absolute atomic E-state index is 0.244. The number of hydrogen-bond donors (Lipinski definition) is 0. The molecule has 0 saturated heterocycles. The second-order valence-electron chi connectivity index (χ2n) is 5.45. The summed E-state index contributed by atoms with van der Waals surface area (Å²) in [6.45, 7) is 5.52. The van der Waals surface area contributed by atoms with E-state index in [9.17, 15) is 9.59 Å². The molecule has 3 nitrogen and oxygen atoms in total. The number of carbonyl (C=O) groups excluding carboxylic acids is 2. The molecule has 0 heterocycles. The Balaban J connectivity index is 2.52. The van der Waals surface area contributed by atoms with Gasteiger partial charge < -0.3 is 9.53 Å². The Bertz CT molecular complexity index is 244. The molecule has 0 unspecified atom stereocenters. The summed E-state index contributed by atoms with van der Waals surface area (Å²) in [7, 11) is 0. The summed E-state index contributed by atoms with van der Waals surface area (Å²) < 4.78 is 5.23. The molecule has 0 spiro atoms. The van der Waals surface area contributed by atoms with E-state index in [2.05, 4.69) is 0 Å². The fourth-order valence-electron chi connectivity index (χ4n) is 2.08. The molecular formula is C12H20O3. The SMILES string of the molecule is CC(C)(C)OC(=O)CC1(C=O)CCCC1. The molecule has 3 heteroatoms. The number of carbonyl (C=O) groups is 2. The van der Waals surface area contributed by atoms with Crippen LogP contribution in [0.15, 0.2) is 0 Å². The molecule has 1 aliphatic carbocycles. The molecule has 1 fully saturated rings. The highest BCUT2D eigenvalue weighted by molar-refractivity contribution is 5.76. The number of aldehydes is 1. The second kappa shape index (κ2) is 4.33. The third kappa shape index (κ3) is 3.65. The van der Waals surface area contributed by atoms with Crippen LogP contribution in [0.1, 0.15) is 52.9 Å². The van der Waals surface area contributed by atoms with Crippen molar-refractivity contribution < 1.29 is 14.3 Å². The molecule has 0 aromatic carbocycles. The fraction of sp³-hybridized carbons (Fsp3) is 0.833. The molecule has 86 valence electrons. The first kappa shape index (κ1) is 12.2. The van der Waals surface area contributed by atoms with Crippen LogP contribution in [-0.4, -0.2) is 17.9 Å². The van der Waals surface area contributed by atoms with Crippen LogP contribution in [0.3, 0.4) is 0 Å². The molecule has 0 aliphatic heterocycles. The standard InChI is InChI=1S/C12H20O3/c1-11(2,3)15-10(14)8-12(9-13)6-4-5-7-12/h9H,4-8H2,1-3H3. The van der Waals surface area contributed by atoms with Crippen LogP contribution in [0.25, 0.3) is 0 Å². The van der Waals surface area contributed by atoms with Crippen molar-refractivity contribution in [1.82, 2.24) is 0 Å². The summed E-state index contributed by atoms with van der Waals surface area (Å²) in [5.74, 6) is -0.253. The van der Waals surface area contributed by atoms with Crippen LogP contribution in [0, 0.1) is 5.41 Å². The van der Waals surface area contributed by atoms with Crippen LogP contribution in [-0.2, 0) is 14.3 Å². The van der Waals surface area contributed by atoms with Gasteiger partial charge in [0.25, 0.3) is 0 Å². The zero-order valence-electron chi connectivity index (χ0n) is 9.84. The summed E-state index contributed by atoms with van der Waals surface area (Å²) in [6, 6.07) is 0. The van der Waals surface area contributed by atoms with E-state index in [1.807, 2.05) is 20.8 Å². The van der Waals surface area contributed by atoms with Gasteiger partial charge in [0.05, 0.1) is 6.42 Å². The largest absolute Gasteiger partial charge is 0.460 e. The zero-order valence-corrected chi connectivity index (χ0v) is 9.84. The van der Waals surface area contributed by atoms with Crippen LogP contribution in [0.2, 0.25) is 0 Å². The minimum atomic E-state index is -0.459. The topological polar surface area (TPSA) is 43.4 Å². The fourth-order valence-corrected chi connectivity index (χ4v) is 2.08. The quantitative estimate of drug-likeness (QED) is 0.533. The van der Waals surface area contributed by atoms with Crippen LogP contribution in [0.5, 0.6) is 0 Å². The molecule has 0 aromatic rings. The first-order valence-corrected chi connectivity index (χ1v) is 5.55. The molecule has 1 saturated carbocycles. The van der Waals surface area contributed by atoms with Crippen molar-refractivity contribution in [2.45, 2.75) is 58.5 Å². The first-order valence-electron chi connectivity index (χ1n) is 5.55. The van der Waals surface area contributed by atoms with Crippen LogP contribution in [0.4, 0.5) is 0 Å². The van der Waals surface area contributed by atoms with Gasteiger partial charge in [-0.2, -0.15) is 0 Å². The van der Waals surface area contributed by atoms with E-state index >= 15 is 0 Å². The van der Waals surface area contributed by atoms with Crippen molar-refractivity contribution in [3.8, 4) is 0 Å². The molecule has 0 amide bonds. The van der Waals surface area contributed by atoms with E-state index in [4.69, 9.17) is 4.74 Å². The predicted molar refractivity (Wildman–Crippen MR) is 57.4 cm³/mol. The molecule has 15 heavy (non-hydrogen) atoms. The average molecular weight is 212 g/mol. The van der Waals surface area contributed by atoms with Gasteiger partial charge in [0, 0.05) is 5.41 Å². The minimum Gasteiger partial charge on any atom is -0.460 e. The number of rotatable bonds is 3. The first-order chi connectivity index (χ1) is 6.87. The Kier molecular flexibility index (Phi) is 3.53. The van der Waals surface area contributed by atoms with Crippen molar-refractivity contribution in [2.75, 3.05) is 0 Å². The number of hydrogen-bond acceptors (Lipinski definition) is 3. The van der Waals surface area contributed by atoms with Gasteiger partial charge in [-0.25, -0.2) is 0 Å². The molecule has 0 atom stereocenters. The highest BCUT2D eigenvalue weighted by atomic mass is 16.6. The van der Waals surface area contributed by atoms with Crippen molar-refractivity contribution >= 4 is 12.3 Å². The van der Waals surface area contributed by atoms with Gasteiger partial charge in [0.2, 0.25) is 0 Å². The van der Waals surface area contributed by atoms with Gasteiger partial charge in [-0.1, -0.05) is 12.8 Å². The number of ether oxygens (including phenoxy) is 1. The average Bonchev–Trinajstić information content (AvgIpc) is 2.50. The lowest BCUT2D eigenvalue weighted by molar-refractivity contribution is -0.158. The van der Waals surface area contributed by atoms with Gasteiger partial charge >= 0.3 is 5.97 Å². The van der Waals surface area contributed by atoms with Gasteiger partial charge in [-0.05, 0) is 33.6 Å². The summed E-state index contributed by atoms with van der Waals surface area (Å²) in [5, 5.41) is 0. The molecule has 0 bridgehead atoms. The number of esters is 1. The predicted octanol–water partition coefficient (Wildman–Crippen LogP) is 2.48. The Morgan fingerprint density at radius 1 is 1.33 bits per heavy atom. The summed E-state index contributed by atoms with van der Waals surface area (Å²) in [4.78, 5) is 22.6. The molecule has 1 aliphatic rings. The maximum Gasteiger partial charge on any atom is 0.307 e. The maximum absolute atomic E-state index is 11.6. The Morgan fingerprint density at radius 2 is 1.87 bits per heavy atom. The molecule has 0 N–H and O–H groups in total. The van der Waals surface area contributed by atoms with E-state index < -0.39 is 11.0 Å². The second-order valence-corrected chi connectivity index (χ2v) is 5.45. The highest BCUT2D eigenvalue weighted by Crippen LogP contribution is 2.39. The summed E-state index contributed by atoms with van der Waals surface area (Å²) in [6.07, 6.45) is 4.94. The van der Waals surface area contributed by atoms with Crippen molar-refractivity contribution in [2.24, 2.45) is 5.41 Å². The summed E-state index contributed by atoms with van der Waals surface area (Å²) >= 11 is 0. The van der Waals surface area contributed by atoms with Gasteiger partial charge in [0.1, 0.15) is 11.9 Å². The Labute approximate surface area is 91.2 Å².